The summed E-state index contributed by atoms with van der Waals surface area (Å²) in [6, 6.07) is 0. The molecule has 0 amide bonds. The predicted octanol–water partition coefficient (Wildman–Crippen LogP) is -0.508. The van der Waals surface area contributed by atoms with Gasteiger partial charge in [0, 0.05) is 52.0 Å². The van der Waals surface area contributed by atoms with Gasteiger partial charge in [-0.15, -0.1) is 0 Å². The van der Waals surface area contributed by atoms with Gasteiger partial charge in [-0.25, -0.2) is 10.4 Å². The van der Waals surface area contributed by atoms with Gasteiger partial charge in [0.15, 0.2) is 0 Å². The Labute approximate surface area is 98.9 Å². The van der Waals surface area contributed by atoms with Crippen LogP contribution in [0, 0.1) is 0 Å². The number of hydrogen-bond acceptors (Lipinski definition) is 5. The van der Waals surface area contributed by atoms with Crippen molar-refractivity contribution in [3.8, 4) is 0 Å². The number of methoxy groups -OCH3 is 1. The third kappa shape index (κ3) is 4.35. The molecule has 16 heavy (non-hydrogen) atoms. The molecule has 0 aromatic rings. The summed E-state index contributed by atoms with van der Waals surface area (Å²) in [7, 11) is 3.89. The van der Waals surface area contributed by atoms with Crippen LogP contribution in [0.4, 0.5) is 0 Å². The van der Waals surface area contributed by atoms with Crippen molar-refractivity contribution in [1.82, 2.24) is 15.3 Å². The van der Waals surface area contributed by atoms with Crippen LogP contribution in [0.1, 0.15) is 13.3 Å². The summed E-state index contributed by atoms with van der Waals surface area (Å²) in [6.07, 6.45) is 0.937. The molecule has 5 heteroatoms. The Morgan fingerprint density at radius 1 is 1.31 bits per heavy atom. The van der Waals surface area contributed by atoms with Crippen LogP contribution in [0.25, 0.3) is 0 Å². The Bertz CT molecular complexity index is 194. The fourth-order valence-corrected chi connectivity index (χ4v) is 1.83. The highest BCUT2D eigenvalue weighted by Gasteiger charge is 2.26. The minimum absolute atomic E-state index is 0.0497. The Hall–Kier alpha value is -0.200. The summed E-state index contributed by atoms with van der Waals surface area (Å²) in [6.45, 7) is 7.86. The van der Waals surface area contributed by atoms with E-state index < -0.39 is 0 Å². The molecule has 1 unspecified atom stereocenters. The highest BCUT2D eigenvalue weighted by molar-refractivity contribution is 4.84. The largest absolute Gasteiger partial charge is 0.385 e. The van der Waals surface area contributed by atoms with Crippen LogP contribution in [-0.2, 0) is 4.74 Å². The van der Waals surface area contributed by atoms with Crippen LogP contribution in [0.3, 0.4) is 0 Å². The molecule has 1 fully saturated rings. The number of nitrogens with zero attached hydrogens (tertiary/aromatic N) is 2. The SMILES string of the molecule is COCCC(C)(CN)NN1CCN(C)CC1. The Morgan fingerprint density at radius 3 is 2.44 bits per heavy atom. The fourth-order valence-electron chi connectivity index (χ4n) is 1.83. The monoisotopic (exact) mass is 230 g/mol. The normalized spacial score (nSPS) is 23.2. The minimum atomic E-state index is -0.0497. The minimum Gasteiger partial charge on any atom is -0.385 e. The smallest absolute Gasteiger partial charge is 0.0480 e. The van der Waals surface area contributed by atoms with Crippen LogP contribution in [-0.4, -0.2) is 68.9 Å². The summed E-state index contributed by atoms with van der Waals surface area (Å²) in [5.41, 5.74) is 9.33. The molecule has 0 aliphatic carbocycles. The van der Waals surface area contributed by atoms with Gasteiger partial charge in [0.25, 0.3) is 0 Å². The molecule has 0 bridgehead atoms. The molecule has 1 rings (SSSR count). The van der Waals surface area contributed by atoms with E-state index in [9.17, 15) is 0 Å². The van der Waals surface area contributed by atoms with Crippen molar-refractivity contribution in [2.24, 2.45) is 5.73 Å². The molecule has 5 nitrogen and oxygen atoms in total. The molecule has 0 radical (unpaired) electrons. The second-order valence-corrected chi connectivity index (χ2v) is 4.91. The molecule has 1 aliphatic rings. The van der Waals surface area contributed by atoms with E-state index in [-0.39, 0.29) is 5.54 Å². The molecular formula is C11H26N4O. The lowest BCUT2D eigenvalue weighted by atomic mass is 10.00. The number of nitrogens with one attached hydrogen (secondary N) is 1. The Balaban J connectivity index is 2.36. The first kappa shape index (κ1) is 13.9. The number of hydrogen-bond donors (Lipinski definition) is 2. The van der Waals surface area contributed by atoms with E-state index in [1.807, 2.05) is 0 Å². The lowest BCUT2D eigenvalue weighted by Gasteiger charge is -2.40. The van der Waals surface area contributed by atoms with E-state index >= 15 is 0 Å². The molecule has 0 spiro atoms. The van der Waals surface area contributed by atoms with Crippen molar-refractivity contribution in [3.05, 3.63) is 0 Å². The summed E-state index contributed by atoms with van der Waals surface area (Å²) >= 11 is 0. The standard InChI is InChI=1S/C11H26N4O/c1-11(10-12,4-9-16-3)13-15-7-5-14(2)6-8-15/h13H,4-10,12H2,1-3H3. The second-order valence-electron chi connectivity index (χ2n) is 4.91. The van der Waals surface area contributed by atoms with Gasteiger partial charge in [-0.1, -0.05) is 0 Å². The molecule has 0 aromatic carbocycles. The molecule has 1 atom stereocenters. The van der Waals surface area contributed by atoms with E-state index in [1.54, 1.807) is 7.11 Å². The van der Waals surface area contributed by atoms with Crippen molar-refractivity contribution < 1.29 is 4.74 Å². The van der Waals surface area contributed by atoms with Crippen LogP contribution in [0.5, 0.6) is 0 Å². The second kappa shape index (κ2) is 6.51. The number of rotatable bonds is 6. The molecule has 0 saturated carbocycles. The zero-order valence-electron chi connectivity index (χ0n) is 10.8. The van der Waals surface area contributed by atoms with Crippen molar-refractivity contribution in [1.29, 1.82) is 0 Å². The van der Waals surface area contributed by atoms with E-state index in [1.165, 1.54) is 0 Å². The van der Waals surface area contributed by atoms with E-state index in [4.69, 9.17) is 10.5 Å². The van der Waals surface area contributed by atoms with Gasteiger partial charge in [0.05, 0.1) is 0 Å². The molecule has 1 aliphatic heterocycles. The van der Waals surface area contributed by atoms with E-state index in [0.717, 1.165) is 39.2 Å². The fraction of sp³-hybridized carbons (Fsp3) is 1.00. The number of likely N-dealkylation sites (N-methyl/N-ethyl adjacent to an activating group) is 1. The topological polar surface area (TPSA) is 53.8 Å². The highest BCUT2D eigenvalue weighted by atomic mass is 16.5. The summed E-state index contributed by atoms with van der Waals surface area (Å²) in [5.74, 6) is 0. The van der Waals surface area contributed by atoms with Gasteiger partial charge in [-0.3, -0.25) is 0 Å². The average Bonchev–Trinajstić information content (AvgIpc) is 2.30. The summed E-state index contributed by atoms with van der Waals surface area (Å²) < 4.78 is 5.12. The zero-order chi connectivity index (χ0) is 12.0. The third-order valence-corrected chi connectivity index (χ3v) is 3.24. The first-order valence-corrected chi connectivity index (χ1v) is 6.00. The molecule has 3 N–H and O–H groups in total. The predicted molar refractivity (Wildman–Crippen MR) is 66.2 cm³/mol. The average molecular weight is 230 g/mol. The Morgan fingerprint density at radius 2 is 1.94 bits per heavy atom. The van der Waals surface area contributed by atoms with Gasteiger partial charge >= 0.3 is 0 Å². The number of nitrogens with two attached hydrogens (primary N) is 1. The Kier molecular flexibility index (Phi) is 5.64. The van der Waals surface area contributed by atoms with Crippen molar-refractivity contribution in [2.45, 2.75) is 18.9 Å². The van der Waals surface area contributed by atoms with E-state index in [0.29, 0.717) is 6.54 Å². The molecular weight excluding hydrogens is 204 g/mol. The zero-order valence-corrected chi connectivity index (χ0v) is 10.8. The van der Waals surface area contributed by atoms with Gasteiger partial charge in [-0.2, -0.15) is 0 Å². The molecule has 0 aromatic heterocycles. The van der Waals surface area contributed by atoms with Crippen LogP contribution >= 0.6 is 0 Å². The van der Waals surface area contributed by atoms with Gasteiger partial charge < -0.3 is 15.4 Å². The lowest BCUT2D eigenvalue weighted by Crippen LogP contribution is -2.61. The van der Waals surface area contributed by atoms with Crippen LogP contribution in [0.2, 0.25) is 0 Å². The van der Waals surface area contributed by atoms with Gasteiger partial charge in [0.2, 0.25) is 0 Å². The number of hydrazine groups is 1. The van der Waals surface area contributed by atoms with Gasteiger partial charge in [0.1, 0.15) is 0 Å². The third-order valence-electron chi connectivity index (χ3n) is 3.24. The maximum Gasteiger partial charge on any atom is 0.0480 e. The van der Waals surface area contributed by atoms with E-state index in [2.05, 4.69) is 29.3 Å². The van der Waals surface area contributed by atoms with Gasteiger partial charge in [-0.05, 0) is 20.4 Å². The first-order chi connectivity index (χ1) is 7.59. The highest BCUT2D eigenvalue weighted by Crippen LogP contribution is 2.10. The first-order valence-electron chi connectivity index (χ1n) is 6.00. The van der Waals surface area contributed by atoms with Crippen LogP contribution < -0.4 is 11.2 Å². The molecule has 96 valence electrons. The quantitative estimate of drug-likeness (QED) is 0.644. The van der Waals surface area contributed by atoms with Crippen molar-refractivity contribution in [3.63, 3.8) is 0 Å². The lowest BCUT2D eigenvalue weighted by molar-refractivity contribution is 0.0466. The van der Waals surface area contributed by atoms with Crippen LogP contribution in [0.15, 0.2) is 0 Å². The maximum absolute atomic E-state index is 5.84. The summed E-state index contributed by atoms with van der Waals surface area (Å²) in [5, 5.41) is 2.28. The molecule has 1 heterocycles. The van der Waals surface area contributed by atoms with Crippen molar-refractivity contribution >= 4 is 0 Å². The molecule has 1 saturated heterocycles. The van der Waals surface area contributed by atoms with Crippen molar-refractivity contribution in [2.75, 3.05) is 53.5 Å². The number of piperazine rings is 1. The number of ether oxygens (including phenoxy) is 1. The summed E-state index contributed by atoms with van der Waals surface area (Å²) in [4.78, 5) is 2.34. The maximum atomic E-state index is 5.84.